The first-order valence-corrected chi connectivity index (χ1v) is 6.85. The van der Waals surface area contributed by atoms with E-state index in [0.717, 1.165) is 28.5 Å². The van der Waals surface area contributed by atoms with Gasteiger partial charge in [-0.1, -0.05) is 29.5 Å². The average molecular weight is 263 g/mol. The third-order valence-electron chi connectivity index (χ3n) is 3.34. The van der Waals surface area contributed by atoms with Gasteiger partial charge in [-0.3, -0.25) is 0 Å². The van der Waals surface area contributed by atoms with Crippen molar-refractivity contribution < 1.29 is 4.39 Å². The minimum Gasteiger partial charge on any atom is -0.357 e. The van der Waals surface area contributed by atoms with Crippen molar-refractivity contribution in [3.63, 3.8) is 0 Å². The lowest BCUT2D eigenvalue weighted by Crippen LogP contribution is -2.34. The average Bonchev–Trinajstić information content (AvgIpc) is 2.70. The maximum absolute atomic E-state index is 13.6. The predicted octanol–water partition coefficient (Wildman–Crippen LogP) is 3.34. The molecule has 1 saturated carbocycles. The molecule has 3 rings (SSSR count). The normalized spacial score (nSPS) is 22.6. The third-order valence-corrected chi connectivity index (χ3v) is 4.11. The van der Waals surface area contributed by atoms with E-state index in [4.69, 9.17) is 0 Å². The van der Waals surface area contributed by atoms with E-state index in [1.807, 2.05) is 19.1 Å². The summed E-state index contributed by atoms with van der Waals surface area (Å²) in [6.45, 7) is 1.94. The van der Waals surface area contributed by atoms with Crippen LogP contribution in [0.25, 0.3) is 0 Å². The Balaban J connectivity index is 1.59. The topological polar surface area (TPSA) is 37.8 Å². The van der Waals surface area contributed by atoms with Crippen molar-refractivity contribution >= 4 is 16.5 Å². The Morgan fingerprint density at radius 1 is 1.28 bits per heavy atom. The van der Waals surface area contributed by atoms with E-state index in [9.17, 15) is 4.39 Å². The molecule has 3 nitrogen and oxygen atoms in total. The van der Waals surface area contributed by atoms with Crippen molar-refractivity contribution in [2.75, 3.05) is 5.32 Å². The van der Waals surface area contributed by atoms with Gasteiger partial charge in [-0.2, -0.15) is 0 Å². The number of hydrogen-bond donors (Lipinski definition) is 1. The van der Waals surface area contributed by atoms with Crippen LogP contribution in [0.3, 0.4) is 0 Å². The first kappa shape index (κ1) is 11.6. The van der Waals surface area contributed by atoms with Crippen molar-refractivity contribution in [3.8, 4) is 0 Å². The summed E-state index contributed by atoms with van der Waals surface area (Å²) in [5.41, 5.74) is 0.837. The Labute approximate surface area is 109 Å². The van der Waals surface area contributed by atoms with Crippen LogP contribution in [0.2, 0.25) is 0 Å². The van der Waals surface area contributed by atoms with Crippen LogP contribution >= 0.6 is 11.3 Å². The van der Waals surface area contributed by atoms with E-state index in [1.54, 1.807) is 17.4 Å². The zero-order valence-corrected chi connectivity index (χ0v) is 10.9. The molecule has 0 radical (unpaired) electrons. The minimum absolute atomic E-state index is 0.0901. The molecule has 18 heavy (non-hydrogen) atoms. The summed E-state index contributed by atoms with van der Waals surface area (Å²) in [5, 5.41) is 13.2. The molecular weight excluding hydrogens is 249 g/mol. The first-order chi connectivity index (χ1) is 8.72. The van der Waals surface area contributed by atoms with Crippen LogP contribution in [0.5, 0.6) is 0 Å². The maximum Gasteiger partial charge on any atom is 0.205 e. The number of halogens is 1. The zero-order valence-electron chi connectivity index (χ0n) is 10.1. The molecule has 94 valence electrons. The summed E-state index contributed by atoms with van der Waals surface area (Å²) in [7, 11) is 0. The van der Waals surface area contributed by atoms with Gasteiger partial charge in [-0.25, -0.2) is 4.39 Å². The van der Waals surface area contributed by atoms with Gasteiger partial charge in [-0.05, 0) is 37.3 Å². The van der Waals surface area contributed by atoms with Gasteiger partial charge in [0.25, 0.3) is 0 Å². The summed E-state index contributed by atoms with van der Waals surface area (Å²) >= 11 is 1.56. The van der Waals surface area contributed by atoms with Crippen molar-refractivity contribution in [3.05, 3.63) is 40.7 Å². The molecule has 1 N–H and O–H groups in total. The van der Waals surface area contributed by atoms with Gasteiger partial charge in [0, 0.05) is 6.04 Å². The van der Waals surface area contributed by atoms with Gasteiger partial charge in [0.15, 0.2) is 0 Å². The SMILES string of the molecule is Cc1nnc(NC2CC(c3ccccc3F)C2)s1. The molecule has 1 aromatic carbocycles. The lowest BCUT2D eigenvalue weighted by atomic mass is 9.76. The number of anilines is 1. The fourth-order valence-electron chi connectivity index (χ4n) is 2.33. The van der Waals surface area contributed by atoms with Gasteiger partial charge in [0.1, 0.15) is 10.8 Å². The largest absolute Gasteiger partial charge is 0.357 e. The molecule has 1 aromatic heterocycles. The van der Waals surface area contributed by atoms with E-state index in [0.29, 0.717) is 12.0 Å². The first-order valence-electron chi connectivity index (χ1n) is 6.03. The number of aryl methyl sites for hydroxylation is 1. The molecule has 0 saturated heterocycles. The summed E-state index contributed by atoms with van der Waals surface area (Å²) in [5.74, 6) is 0.241. The van der Waals surface area contributed by atoms with Gasteiger partial charge < -0.3 is 5.32 Å². The quantitative estimate of drug-likeness (QED) is 0.923. The molecule has 1 fully saturated rings. The van der Waals surface area contributed by atoms with Crippen LogP contribution in [0, 0.1) is 12.7 Å². The molecule has 0 unspecified atom stereocenters. The third kappa shape index (κ3) is 2.22. The maximum atomic E-state index is 13.6. The van der Waals surface area contributed by atoms with Crippen LogP contribution in [-0.2, 0) is 0 Å². The Kier molecular flexibility index (Phi) is 2.99. The van der Waals surface area contributed by atoms with Crippen LogP contribution in [0.4, 0.5) is 9.52 Å². The van der Waals surface area contributed by atoms with Crippen molar-refractivity contribution in [1.29, 1.82) is 0 Å². The smallest absolute Gasteiger partial charge is 0.205 e. The van der Waals surface area contributed by atoms with Crippen molar-refractivity contribution in [1.82, 2.24) is 10.2 Å². The Morgan fingerprint density at radius 2 is 2.06 bits per heavy atom. The summed E-state index contributed by atoms with van der Waals surface area (Å²) in [6, 6.07) is 7.43. The number of nitrogens with one attached hydrogen (secondary N) is 1. The molecule has 0 amide bonds. The number of nitrogens with zero attached hydrogens (tertiary/aromatic N) is 2. The molecule has 1 aliphatic carbocycles. The summed E-state index contributed by atoms with van der Waals surface area (Å²) in [4.78, 5) is 0. The number of rotatable bonds is 3. The van der Waals surface area contributed by atoms with Crippen LogP contribution in [0.15, 0.2) is 24.3 Å². The molecule has 0 spiro atoms. The van der Waals surface area contributed by atoms with E-state index in [2.05, 4.69) is 15.5 Å². The van der Waals surface area contributed by atoms with Crippen LogP contribution in [-0.4, -0.2) is 16.2 Å². The van der Waals surface area contributed by atoms with Gasteiger partial charge >= 0.3 is 0 Å². The second kappa shape index (κ2) is 4.65. The van der Waals surface area contributed by atoms with E-state index in [-0.39, 0.29) is 5.82 Å². The standard InChI is InChI=1S/C13H14FN3S/c1-8-16-17-13(18-8)15-10-6-9(7-10)11-4-2-3-5-12(11)14/h2-5,9-10H,6-7H2,1H3,(H,15,17). The molecule has 5 heteroatoms. The fourth-order valence-corrected chi connectivity index (χ4v) is 2.99. The van der Waals surface area contributed by atoms with Gasteiger partial charge in [0.05, 0.1) is 0 Å². The zero-order chi connectivity index (χ0) is 12.5. The van der Waals surface area contributed by atoms with E-state index in [1.165, 1.54) is 6.07 Å². The summed E-state index contributed by atoms with van der Waals surface area (Å²) in [6.07, 6.45) is 1.92. The highest BCUT2D eigenvalue weighted by atomic mass is 32.1. The lowest BCUT2D eigenvalue weighted by Gasteiger charge is -2.36. The van der Waals surface area contributed by atoms with Gasteiger partial charge in [-0.15, -0.1) is 10.2 Å². The molecular formula is C13H14FN3S. The highest BCUT2D eigenvalue weighted by Crippen LogP contribution is 2.39. The molecule has 0 atom stereocenters. The lowest BCUT2D eigenvalue weighted by molar-refractivity contribution is 0.363. The second-order valence-corrected chi connectivity index (χ2v) is 5.84. The molecule has 1 aliphatic rings. The van der Waals surface area contributed by atoms with Crippen LogP contribution < -0.4 is 5.32 Å². The number of hydrogen-bond acceptors (Lipinski definition) is 4. The van der Waals surface area contributed by atoms with Gasteiger partial charge in [0.2, 0.25) is 5.13 Å². The molecule has 0 bridgehead atoms. The predicted molar refractivity (Wildman–Crippen MR) is 70.4 cm³/mol. The molecule has 1 heterocycles. The highest BCUT2D eigenvalue weighted by molar-refractivity contribution is 7.15. The molecule has 2 aromatic rings. The van der Waals surface area contributed by atoms with E-state index >= 15 is 0 Å². The van der Waals surface area contributed by atoms with Crippen molar-refractivity contribution in [2.45, 2.75) is 31.7 Å². The Bertz CT molecular complexity index is 549. The number of aromatic nitrogens is 2. The minimum atomic E-state index is -0.0901. The highest BCUT2D eigenvalue weighted by Gasteiger charge is 2.32. The monoisotopic (exact) mass is 263 g/mol. The van der Waals surface area contributed by atoms with Crippen molar-refractivity contribution in [2.24, 2.45) is 0 Å². The Morgan fingerprint density at radius 3 is 2.72 bits per heavy atom. The van der Waals surface area contributed by atoms with E-state index < -0.39 is 0 Å². The number of benzene rings is 1. The Hall–Kier alpha value is -1.49. The fraction of sp³-hybridized carbons (Fsp3) is 0.385. The molecule has 0 aliphatic heterocycles. The second-order valence-electron chi connectivity index (χ2n) is 4.66. The summed E-state index contributed by atoms with van der Waals surface area (Å²) < 4.78 is 13.6. The van der Waals surface area contributed by atoms with Crippen LogP contribution in [0.1, 0.15) is 29.3 Å².